The Labute approximate surface area is 199 Å². The maximum atomic E-state index is 12.1. The number of nitrogens with one attached hydrogen (secondary N) is 1. The number of piperazine rings is 1. The molecule has 4 rings (SSSR count). The van der Waals surface area contributed by atoms with Crippen LogP contribution in [0.15, 0.2) is 48.9 Å². The smallest absolute Gasteiger partial charge is 0.273 e. The number of pyridine rings is 1. The van der Waals surface area contributed by atoms with Crippen LogP contribution in [0, 0.1) is 5.92 Å². The van der Waals surface area contributed by atoms with E-state index in [1.807, 2.05) is 24.3 Å². The van der Waals surface area contributed by atoms with Gasteiger partial charge >= 0.3 is 0 Å². The summed E-state index contributed by atoms with van der Waals surface area (Å²) in [7, 11) is 3.41. The number of hydrogen-bond acceptors (Lipinski definition) is 6. The highest BCUT2D eigenvalue weighted by Gasteiger charge is 2.32. The Kier molecular flexibility index (Phi) is 6.69. The summed E-state index contributed by atoms with van der Waals surface area (Å²) >= 11 is 5.85. The Hall–Kier alpha value is -3.33. The molecule has 1 amide bonds. The lowest BCUT2D eigenvalue weighted by Gasteiger charge is -2.45. The van der Waals surface area contributed by atoms with Crippen LogP contribution < -0.4 is 10.2 Å². The van der Waals surface area contributed by atoms with Crippen molar-refractivity contribution in [2.75, 3.05) is 43.9 Å². The van der Waals surface area contributed by atoms with Crippen LogP contribution in [0.5, 0.6) is 0 Å². The topological polar surface area (TPSA) is 77.5 Å². The van der Waals surface area contributed by atoms with Gasteiger partial charge in [-0.1, -0.05) is 19.9 Å². The molecule has 9 heteroatoms. The van der Waals surface area contributed by atoms with Crippen LogP contribution in [0.3, 0.4) is 0 Å². The molecule has 3 aromatic rings. The van der Waals surface area contributed by atoms with Crippen molar-refractivity contribution >= 4 is 45.6 Å². The molecule has 1 unspecified atom stereocenters. The van der Waals surface area contributed by atoms with E-state index < -0.39 is 0 Å². The van der Waals surface area contributed by atoms with Crippen molar-refractivity contribution in [3.05, 3.63) is 54.6 Å². The summed E-state index contributed by atoms with van der Waals surface area (Å²) in [6.45, 7) is 6.70. The average Bonchev–Trinajstić information content (AvgIpc) is 2.83. The minimum atomic E-state index is -0.154. The fourth-order valence-corrected chi connectivity index (χ4v) is 4.40. The van der Waals surface area contributed by atoms with Crippen LogP contribution in [0.1, 0.15) is 24.3 Å². The lowest BCUT2D eigenvalue weighted by Crippen LogP contribution is -2.58. The van der Waals surface area contributed by atoms with Gasteiger partial charge in [-0.25, -0.2) is 9.97 Å². The number of amides is 1. The molecule has 1 aliphatic heterocycles. The summed E-state index contributed by atoms with van der Waals surface area (Å²) < 4.78 is 0. The fourth-order valence-electron chi connectivity index (χ4n) is 4.06. The number of carbonyl (C=O) groups is 1. The molecule has 1 saturated heterocycles. The Morgan fingerprint density at radius 3 is 2.64 bits per heavy atom. The molecule has 1 atom stereocenters. The monoisotopic (exact) mass is 463 g/mol. The van der Waals surface area contributed by atoms with Crippen molar-refractivity contribution < 1.29 is 4.79 Å². The SMILES string of the molecule is CC(C)C1CN(c2cnc(C(=O)N(C)C)cn2)CCN1C(=S)Nc1cccc2ncccc12. The third-order valence-electron chi connectivity index (χ3n) is 5.92. The van der Waals surface area contributed by atoms with Gasteiger partial charge in [-0.3, -0.25) is 9.78 Å². The first-order valence-electron chi connectivity index (χ1n) is 11.0. The van der Waals surface area contributed by atoms with Crippen LogP contribution in [-0.4, -0.2) is 75.5 Å². The Morgan fingerprint density at radius 2 is 1.94 bits per heavy atom. The second kappa shape index (κ2) is 9.66. The van der Waals surface area contributed by atoms with Gasteiger partial charge in [-0.2, -0.15) is 0 Å². The van der Waals surface area contributed by atoms with Crippen molar-refractivity contribution in [1.29, 1.82) is 0 Å². The van der Waals surface area contributed by atoms with Crippen molar-refractivity contribution in [1.82, 2.24) is 24.8 Å². The van der Waals surface area contributed by atoms with Gasteiger partial charge < -0.3 is 20.0 Å². The molecule has 172 valence electrons. The molecule has 2 aromatic heterocycles. The number of benzene rings is 1. The molecule has 1 N–H and O–H groups in total. The van der Waals surface area contributed by atoms with Gasteiger partial charge in [0.15, 0.2) is 5.11 Å². The van der Waals surface area contributed by atoms with Gasteiger partial charge in [-0.05, 0) is 42.4 Å². The zero-order valence-corrected chi connectivity index (χ0v) is 20.2. The number of fused-ring (bicyclic) bond motifs is 1. The quantitative estimate of drug-likeness (QED) is 0.591. The van der Waals surface area contributed by atoms with E-state index in [1.165, 1.54) is 4.90 Å². The number of hydrogen-bond donors (Lipinski definition) is 1. The number of aromatic nitrogens is 3. The average molecular weight is 464 g/mol. The number of thiocarbonyl (C=S) groups is 1. The van der Waals surface area contributed by atoms with Gasteiger partial charge in [-0.15, -0.1) is 0 Å². The molecule has 1 aliphatic rings. The summed E-state index contributed by atoms with van der Waals surface area (Å²) in [6.07, 6.45) is 5.03. The van der Waals surface area contributed by atoms with Gasteiger partial charge in [0, 0.05) is 51.0 Å². The third-order valence-corrected chi connectivity index (χ3v) is 6.26. The summed E-state index contributed by atoms with van der Waals surface area (Å²) in [6, 6.07) is 10.2. The zero-order chi connectivity index (χ0) is 23.5. The molecule has 0 spiro atoms. The van der Waals surface area contributed by atoms with Crippen molar-refractivity contribution in [2.45, 2.75) is 19.9 Å². The Balaban J connectivity index is 1.49. The van der Waals surface area contributed by atoms with E-state index in [1.54, 1.807) is 32.7 Å². The summed E-state index contributed by atoms with van der Waals surface area (Å²) in [5, 5.41) is 5.21. The largest absolute Gasteiger partial charge is 0.351 e. The molecule has 1 aromatic carbocycles. The first-order chi connectivity index (χ1) is 15.8. The normalized spacial score (nSPS) is 16.2. The predicted molar refractivity (Wildman–Crippen MR) is 136 cm³/mol. The van der Waals surface area contributed by atoms with Crippen LogP contribution in [0.2, 0.25) is 0 Å². The van der Waals surface area contributed by atoms with Crippen molar-refractivity contribution in [2.24, 2.45) is 5.92 Å². The van der Waals surface area contributed by atoms with E-state index >= 15 is 0 Å². The maximum Gasteiger partial charge on any atom is 0.273 e. The number of anilines is 2. The molecule has 0 aliphatic carbocycles. The number of carbonyl (C=O) groups excluding carboxylic acids is 1. The summed E-state index contributed by atoms with van der Waals surface area (Å²) in [5.74, 6) is 0.998. The van der Waals surface area contributed by atoms with Crippen LogP contribution in [-0.2, 0) is 0 Å². The molecule has 0 saturated carbocycles. The first-order valence-corrected chi connectivity index (χ1v) is 11.5. The fraction of sp³-hybridized carbons (Fsp3) is 0.375. The lowest BCUT2D eigenvalue weighted by molar-refractivity contribution is 0.0821. The zero-order valence-electron chi connectivity index (χ0n) is 19.4. The van der Waals surface area contributed by atoms with Crippen LogP contribution in [0.25, 0.3) is 10.9 Å². The van der Waals surface area contributed by atoms with Gasteiger partial charge in [0.05, 0.1) is 24.0 Å². The molecule has 0 bridgehead atoms. The molecular formula is C24H29N7OS. The molecular weight excluding hydrogens is 434 g/mol. The summed E-state index contributed by atoms with van der Waals surface area (Å²) in [4.78, 5) is 31.4. The molecule has 3 heterocycles. The van der Waals surface area contributed by atoms with E-state index in [0.717, 1.165) is 42.0 Å². The van der Waals surface area contributed by atoms with Crippen molar-refractivity contribution in [3.63, 3.8) is 0 Å². The highest BCUT2D eigenvalue weighted by atomic mass is 32.1. The first kappa shape index (κ1) is 22.8. The van der Waals surface area contributed by atoms with E-state index in [0.29, 0.717) is 16.7 Å². The Morgan fingerprint density at radius 1 is 1.12 bits per heavy atom. The van der Waals surface area contributed by atoms with E-state index in [2.05, 4.69) is 50.0 Å². The lowest BCUT2D eigenvalue weighted by atomic mass is 10.00. The van der Waals surface area contributed by atoms with Crippen LogP contribution >= 0.6 is 12.2 Å². The number of rotatable bonds is 4. The van der Waals surface area contributed by atoms with Gasteiger partial charge in [0.1, 0.15) is 11.5 Å². The predicted octanol–water partition coefficient (Wildman–Crippen LogP) is 3.27. The van der Waals surface area contributed by atoms with E-state index in [9.17, 15) is 4.79 Å². The molecule has 8 nitrogen and oxygen atoms in total. The molecule has 1 fully saturated rings. The summed E-state index contributed by atoms with van der Waals surface area (Å²) in [5.41, 5.74) is 2.24. The van der Waals surface area contributed by atoms with Crippen molar-refractivity contribution in [3.8, 4) is 0 Å². The second-order valence-corrected chi connectivity index (χ2v) is 9.10. The maximum absolute atomic E-state index is 12.1. The highest BCUT2D eigenvalue weighted by Crippen LogP contribution is 2.25. The standard InChI is InChI=1S/C24H29N7OS/c1-16(2)21-15-30(22-14-26-20(13-27-22)23(32)29(3)4)11-12-31(21)24(33)28-19-9-5-8-18-17(19)7-6-10-25-18/h5-10,13-14,16,21H,11-12,15H2,1-4H3,(H,28,33). The van der Waals surface area contributed by atoms with E-state index in [4.69, 9.17) is 12.2 Å². The minimum Gasteiger partial charge on any atom is -0.351 e. The number of nitrogens with zero attached hydrogens (tertiary/aromatic N) is 6. The molecule has 0 radical (unpaired) electrons. The minimum absolute atomic E-state index is 0.154. The van der Waals surface area contributed by atoms with Crippen LogP contribution in [0.4, 0.5) is 11.5 Å². The Bertz CT molecular complexity index is 1140. The van der Waals surface area contributed by atoms with E-state index in [-0.39, 0.29) is 11.9 Å². The molecule has 33 heavy (non-hydrogen) atoms. The van der Waals surface area contributed by atoms with Gasteiger partial charge in [0.25, 0.3) is 5.91 Å². The van der Waals surface area contributed by atoms with Gasteiger partial charge in [0.2, 0.25) is 0 Å². The highest BCUT2D eigenvalue weighted by molar-refractivity contribution is 7.80. The second-order valence-electron chi connectivity index (χ2n) is 8.72. The third kappa shape index (κ3) is 4.88.